The number of rotatable bonds is 4. The minimum atomic E-state index is -0.416. The number of carbonyl (C=O) groups excluding carboxylic acids is 1. The average Bonchev–Trinajstić information content (AvgIpc) is 2.69. The van der Waals surface area contributed by atoms with E-state index in [0.717, 1.165) is 33.2 Å². The van der Waals surface area contributed by atoms with Gasteiger partial charge in [-0.1, -0.05) is 30.3 Å². The fourth-order valence-corrected chi connectivity index (χ4v) is 2.85. The fourth-order valence-electron chi connectivity index (χ4n) is 2.85. The van der Waals surface area contributed by atoms with Gasteiger partial charge in [-0.3, -0.25) is 4.79 Å². The van der Waals surface area contributed by atoms with Crippen LogP contribution in [0.1, 0.15) is 16.7 Å². The number of hydrogen-bond acceptors (Lipinski definition) is 3. The van der Waals surface area contributed by atoms with Crippen molar-refractivity contribution in [3.05, 3.63) is 76.9 Å². The lowest BCUT2D eigenvalue weighted by Crippen LogP contribution is -2.14. The zero-order valence-electron chi connectivity index (χ0n) is 15.5. The van der Waals surface area contributed by atoms with Crippen LogP contribution in [0.5, 0.6) is 5.75 Å². The topological polar surface area (TPSA) is 62.1 Å². The Morgan fingerprint density at radius 2 is 1.81 bits per heavy atom. The Bertz CT molecular complexity index is 1090. The van der Waals surface area contributed by atoms with Gasteiger partial charge in [-0.2, -0.15) is 5.26 Å². The molecule has 0 radical (unpaired) electrons. The number of hydrogen-bond donors (Lipinski definition) is 1. The van der Waals surface area contributed by atoms with E-state index in [9.17, 15) is 10.1 Å². The predicted octanol–water partition coefficient (Wildman–Crippen LogP) is 5.01. The van der Waals surface area contributed by atoms with Gasteiger partial charge in [-0.15, -0.1) is 0 Å². The number of amides is 1. The number of benzene rings is 3. The molecule has 0 heterocycles. The van der Waals surface area contributed by atoms with Gasteiger partial charge in [0.15, 0.2) is 0 Å². The number of aryl methyl sites for hydroxylation is 1. The molecular formula is C23H20N2O2. The predicted molar refractivity (Wildman–Crippen MR) is 109 cm³/mol. The third-order valence-corrected chi connectivity index (χ3v) is 4.60. The zero-order valence-corrected chi connectivity index (χ0v) is 15.5. The second-order valence-corrected chi connectivity index (χ2v) is 6.34. The van der Waals surface area contributed by atoms with Crippen molar-refractivity contribution >= 4 is 28.4 Å². The van der Waals surface area contributed by atoms with Crippen molar-refractivity contribution in [2.24, 2.45) is 0 Å². The second kappa shape index (κ2) is 7.76. The van der Waals surface area contributed by atoms with Crippen molar-refractivity contribution in [1.82, 2.24) is 0 Å². The Balaban J connectivity index is 1.89. The molecule has 0 fully saturated rings. The van der Waals surface area contributed by atoms with Gasteiger partial charge in [0.1, 0.15) is 17.4 Å². The number of anilines is 1. The molecule has 0 unspecified atom stereocenters. The molecule has 27 heavy (non-hydrogen) atoms. The van der Waals surface area contributed by atoms with Crippen LogP contribution in [0.15, 0.2) is 60.2 Å². The molecule has 0 aliphatic carbocycles. The number of nitrogens with one attached hydrogen (secondary N) is 1. The normalized spacial score (nSPS) is 11.1. The summed E-state index contributed by atoms with van der Waals surface area (Å²) in [6.45, 7) is 3.93. The summed E-state index contributed by atoms with van der Waals surface area (Å²) < 4.78 is 5.23. The molecule has 0 saturated carbocycles. The Morgan fingerprint density at radius 3 is 2.56 bits per heavy atom. The molecule has 3 rings (SSSR count). The van der Waals surface area contributed by atoms with E-state index in [-0.39, 0.29) is 5.57 Å². The van der Waals surface area contributed by atoms with Crippen molar-refractivity contribution in [3.63, 3.8) is 0 Å². The largest absolute Gasteiger partial charge is 0.497 e. The first-order chi connectivity index (χ1) is 13.0. The first kappa shape index (κ1) is 18.2. The summed E-state index contributed by atoms with van der Waals surface area (Å²) in [6.07, 6.45) is 1.60. The lowest BCUT2D eigenvalue weighted by molar-refractivity contribution is -0.112. The molecular weight excluding hydrogens is 336 g/mol. The summed E-state index contributed by atoms with van der Waals surface area (Å²) in [4.78, 5) is 12.5. The molecule has 3 aromatic rings. The maximum absolute atomic E-state index is 12.5. The summed E-state index contributed by atoms with van der Waals surface area (Å²) in [5.74, 6) is 0.373. The SMILES string of the molecule is COc1ccc2cc(/C=C(\C#N)C(=O)Nc3cccc(C)c3C)ccc2c1. The Morgan fingerprint density at radius 1 is 1.07 bits per heavy atom. The molecule has 1 N–H and O–H groups in total. The highest BCUT2D eigenvalue weighted by atomic mass is 16.5. The van der Waals surface area contributed by atoms with E-state index in [1.807, 2.05) is 74.5 Å². The second-order valence-electron chi connectivity index (χ2n) is 6.34. The van der Waals surface area contributed by atoms with Crippen LogP contribution in [0.25, 0.3) is 16.8 Å². The van der Waals surface area contributed by atoms with Crippen LogP contribution in [0, 0.1) is 25.2 Å². The summed E-state index contributed by atoms with van der Waals surface area (Å²) in [5.41, 5.74) is 3.64. The van der Waals surface area contributed by atoms with E-state index >= 15 is 0 Å². The first-order valence-electron chi connectivity index (χ1n) is 8.59. The number of ether oxygens (including phenoxy) is 1. The van der Waals surface area contributed by atoms with Gasteiger partial charge in [0.25, 0.3) is 5.91 Å². The Hall–Kier alpha value is -3.58. The maximum atomic E-state index is 12.5. The highest BCUT2D eigenvalue weighted by molar-refractivity contribution is 6.10. The van der Waals surface area contributed by atoms with Crippen molar-refractivity contribution in [2.75, 3.05) is 12.4 Å². The number of fused-ring (bicyclic) bond motifs is 1. The van der Waals surface area contributed by atoms with Crippen molar-refractivity contribution in [1.29, 1.82) is 5.26 Å². The van der Waals surface area contributed by atoms with Crippen molar-refractivity contribution in [3.8, 4) is 11.8 Å². The van der Waals surface area contributed by atoms with Crippen molar-refractivity contribution < 1.29 is 9.53 Å². The van der Waals surface area contributed by atoms with E-state index in [4.69, 9.17) is 4.74 Å². The van der Waals surface area contributed by atoms with E-state index in [1.165, 1.54) is 0 Å². The van der Waals surface area contributed by atoms with Gasteiger partial charge < -0.3 is 10.1 Å². The maximum Gasteiger partial charge on any atom is 0.266 e. The number of methoxy groups -OCH3 is 1. The van der Waals surface area contributed by atoms with E-state index in [0.29, 0.717) is 5.69 Å². The van der Waals surface area contributed by atoms with Crippen LogP contribution in [-0.2, 0) is 4.79 Å². The monoisotopic (exact) mass is 356 g/mol. The molecule has 0 aliphatic heterocycles. The summed E-state index contributed by atoms with van der Waals surface area (Å²) in [7, 11) is 1.63. The Kier molecular flexibility index (Phi) is 5.23. The number of nitriles is 1. The summed E-state index contributed by atoms with van der Waals surface area (Å²) in [6, 6.07) is 19.2. The first-order valence-corrected chi connectivity index (χ1v) is 8.59. The van der Waals surface area contributed by atoms with Gasteiger partial charge in [0, 0.05) is 5.69 Å². The highest BCUT2D eigenvalue weighted by Crippen LogP contribution is 2.23. The van der Waals surface area contributed by atoms with Gasteiger partial charge in [0.05, 0.1) is 7.11 Å². The molecule has 1 amide bonds. The average molecular weight is 356 g/mol. The minimum Gasteiger partial charge on any atom is -0.497 e. The molecule has 0 saturated heterocycles. The third kappa shape index (κ3) is 3.99. The van der Waals surface area contributed by atoms with Crippen LogP contribution in [0.3, 0.4) is 0 Å². The molecule has 0 aromatic heterocycles. The quantitative estimate of drug-likeness (QED) is 0.528. The highest BCUT2D eigenvalue weighted by Gasteiger charge is 2.11. The van der Waals surface area contributed by atoms with Crippen LogP contribution >= 0.6 is 0 Å². The Labute approximate surface area is 158 Å². The molecule has 0 atom stereocenters. The number of nitrogens with zero attached hydrogens (tertiary/aromatic N) is 1. The van der Waals surface area contributed by atoms with Crippen molar-refractivity contribution in [2.45, 2.75) is 13.8 Å². The van der Waals surface area contributed by atoms with Gasteiger partial charge in [-0.05, 0) is 71.7 Å². The molecule has 134 valence electrons. The van der Waals surface area contributed by atoms with Crippen LogP contribution in [-0.4, -0.2) is 13.0 Å². The lowest BCUT2D eigenvalue weighted by atomic mass is 10.0. The van der Waals surface area contributed by atoms with Crippen LogP contribution in [0.4, 0.5) is 5.69 Å². The molecule has 4 heteroatoms. The van der Waals surface area contributed by atoms with Gasteiger partial charge in [0.2, 0.25) is 0 Å². The van der Waals surface area contributed by atoms with Gasteiger partial charge >= 0.3 is 0 Å². The summed E-state index contributed by atoms with van der Waals surface area (Å²) in [5, 5.41) is 14.3. The van der Waals surface area contributed by atoms with Crippen LogP contribution < -0.4 is 10.1 Å². The third-order valence-electron chi connectivity index (χ3n) is 4.60. The standard InChI is InChI=1S/C23H20N2O2/c1-15-5-4-6-22(16(15)2)25-23(26)20(14-24)12-17-7-8-19-13-21(27-3)10-9-18(19)11-17/h4-13H,1-3H3,(H,25,26)/b20-12+. The molecule has 0 spiro atoms. The molecule has 3 aromatic carbocycles. The van der Waals surface area contributed by atoms with E-state index in [2.05, 4.69) is 5.32 Å². The molecule has 4 nitrogen and oxygen atoms in total. The van der Waals surface area contributed by atoms with E-state index in [1.54, 1.807) is 13.2 Å². The molecule has 0 aliphatic rings. The van der Waals surface area contributed by atoms with E-state index < -0.39 is 5.91 Å². The fraction of sp³-hybridized carbons (Fsp3) is 0.130. The smallest absolute Gasteiger partial charge is 0.266 e. The number of carbonyl (C=O) groups is 1. The minimum absolute atomic E-state index is 0.0590. The zero-order chi connectivity index (χ0) is 19.4. The lowest BCUT2D eigenvalue weighted by Gasteiger charge is -2.10. The van der Waals surface area contributed by atoms with Gasteiger partial charge in [-0.25, -0.2) is 0 Å². The molecule has 0 bridgehead atoms. The van der Waals surface area contributed by atoms with Crippen LogP contribution in [0.2, 0.25) is 0 Å². The summed E-state index contributed by atoms with van der Waals surface area (Å²) >= 11 is 0.